The third kappa shape index (κ3) is 64.7. The summed E-state index contributed by atoms with van der Waals surface area (Å²) in [6.07, 6.45) is 66.0. The topological polar surface area (TPSA) is 237 Å². The summed E-state index contributed by atoms with van der Waals surface area (Å²) < 4.78 is 68.0. The number of aliphatic hydroxyl groups excluding tert-OH is 1. The molecule has 5 unspecified atom stereocenters. The van der Waals surface area contributed by atoms with Gasteiger partial charge in [-0.05, 0) is 116 Å². The van der Waals surface area contributed by atoms with Crippen LogP contribution in [0.25, 0.3) is 0 Å². The van der Waals surface area contributed by atoms with Crippen LogP contribution in [0.5, 0.6) is 0 Å². The van der Waals surface area contributed by atoms with Crippen LogP contribution in [0.3, 0.4) is 0 Å². The second-order valence-electron chi connectivity index (χ2n) is 23.5. The molecular weight excluding hydrogens is 1210 g/mol. The summed E-state index contributed by atoms with van der Waals surface area (Å²) in [6, 6.07) is 0. The second-order valence-corrected chi connectivity index (χ2v) is 26.4. The number of aliphatic hydroxyl groups is 1. The fraction of sp³-hybridized carbons (Fsp3) is 0.726. The van der Waals surface area contributed by atoms with Gasteiger partial charge in [0.15, 0.2) is 12.2 Å². The summed E-state index contributed by atoms with van der Waals surface area (Å²) in [4.78, 5) is 72.4. The highest BCUT2D eigenvalue weighted by Crippen LogP contribution is 2.45. The van der Waals surface area contributed by atoms with Gasteiger partial charge in [0.2, 0.25) is 0 Å². The molecule has 0 radical (unpaired) electrons. The number of ether oxygens (including phenoxy) is 4. The largest absolute Gasteiger partial charge is 0.472 e. The summed E-state index contributed by atoms with van der Waals surface area (Å²) in [7, 11) is -9.96. The van der Waals surface area contributed by atoms with Crippen LogP contribution in [0.4, 0.5) is 0 Å². The van der Waals surface area contributed by atoms with Gasteiger partial charge in [-0.3, -0.25) is 37.3 Å². The highest BCUT2D eigenvalue weighted by molar-refractivity contribution is 7.47. The summed E-state index contributed by atoms with van der Waals surface area (Å²) in [5.74, 6) is -2.35. The Morgan fingerprint density at radius 2 is 0.620 bits per heavy atom. The molecule has 0 aliphatic heterocycles. The van der Waals surface area contributed by atoms with Crippen LogP contribution < -0.4 is 0 Å². The zero-order chi connectivity index (χ0) is 67.5. The number of esters is 4. The van der Waals surface area contributed by atoms with E-state index >= 15 is 0 Å². The number of rotatable bonds is 66. The number of carbonyl (C=O) groups is 4. The molecule has 0 aliphatic rings. The Bertz CT molecular complexity index is 2130. The number of hydrogen-bond donors (Lipinski definition) is 3. The molecule has 530 valence electrons. The summed E-state index contributed by atoms with van der Waals surface area (Å²) in [6.45, 7) is 4.51. The summed E-state index contributed by atoms with van der Waals surface area (Å²) >= 11 is 0. The number of allylic oxidation sites excluding steroid dienone is 15. The Balaban J connectivity index is 5.37. The van der Waals surface area contributed by atoms with Crippen LogP contribution in [0.15, 0.2) is 97.2 Å². The van der Waals surface area contributed by atoms with Gasteiger partial charge in [-0.15, -0.1) is 0 Å². The lowest BCUT2D eigenvalue weighted by atomic mass is 10.1. The maximum absolute atomic E-state index is 13.0. The van der Waals surface area contributed by atoms with Crippen LogP contribution in [-0.4, -0.2) is 96.7 Å². The van der Waals surface area contributed by atoms with Gasteiger partial charge in [-0.1, -0.05) is 240 Å². The molecular formula is C73H126O17P2. The first kappa shape index (κ1) is 88.0. The standard InChI is InChI=1S/C73H126O17P2/c1-5-9-13-17-21-25-29-31-33-35-39-41-45-49-53-57-70(75)83-63-68(89-72(77)59-55-51-47-43-37-27-23-19-15-11-7-3)65-87-91(79,80)85-61-67(74)62-86-92(81,82)88-66-69(90-73(78)60-56-52-48-44-38-28-24-20-16-12-8-4)64-84-71(76)58-54-50-46-42-40-36-34-32-30-26-22-18-14-10-6-2/h9,13,19-21,23-25,31-34,39,41,49,53,67-69,74H,5-8,10-12,14-18,22,26-30,35-38,40,42-48,50-52,54-66H2,1-4H3,(H,79,80)(H,81,82)/b13-9-,23-19-,24-20-,25-21-,33-31-,34-32-,41-39-,53-49-. The molecule has 92 heavy (non-hydrogen) atoms. The van der Waals surface area contributed by atoms with E-state index in [2.05, 4.69) is 101 Å². The molecule has 0 spiro atoms. The van der Waals surface area contributed by atoms with Gasteiger partial charge < -0.3 is 33.8 Å². The van der Waals surface area contributed by atoms with Crippen molar-refractivity contribution >= 4 is 39.5 Å². The van der Waals surface area contributed by atoms with E-state index in [1.807, 2.05) is 18.2 Å². The van der Waals surface area contributed by atoms with Crippen molar-refractivity contribution in [3.8, 4) is 0 Å². The Morgan fingerprint density at radius 1 is 0.326 bits per heavy atom. The van der Waals surface area contributed by atoms with E-state index in [4.69, 9.17) is 37.0 Å². The van der Waals surface area contributed by atoms with Gasteiger partial charge in [0, 0.05) is 19.3 Å². The molecule has 0 aromatic heterocycles. The zero-order valence-corrected chi connectivity index (χ0v) is 59.2. The predicted octanol–water partition coefficient (Wildman–Crippen LogP) is 19.7. The Labute approximate surface area is 557 Å². The minimum absolute atomic E-state index is 0.0644. The molecule has 0 amide bonds. The summed E-state index contributed by atoms with van der Waals surface area (Å²) in [5, 5.41) is 10.6. The lowest BCUT2D eigenvalue weighted by Crippen LogP contribution is -2.30. The van der Waals surface area contributed by atoms with E-state index < -0.39 is 97.5 Å². The van der Waals surface area contributed by atoms with E-state index in [1.54, 1.807) is 6.08 Å². The zero-order valence-electron chi connectivity index (χ0n) is 57.4. The lowest BCUT2D eigenvalue weighted by molar-refractivity contribution is -0.161. The molecule has 0 aliphatic carbocycles. The van der Waals surface area contributed by atoms with Crippen molar-refractivity contribution in [3.63, 3.8) is 0 Å². The molecule has 19 heteroatoms. The fourth-order valence-corrected chi connectivity index (χ4v) is 10.7. The third-order valence-corrected chi connectivity index (χ3v) is 16.4. The number of unbranched alkanes of at least 4 members (excludes halogenated alkanes) is 25. The van der Waals surface area contributed by atoms with Crippen LogP contribution in [0.2, 0.25) is 0 Å². The highest BCUT2D eigenvalue weighted by Gasteiger charge is 2.30. The monoisotopic (exact) mass is 1340 g/mol. The minimum Gasteiger partial charge on any atom is -0.462 e. The number of phosphoric ester groups is 2. The van der Waals surface area contributed by atoms with Gasteiger partial charge in [0.1, 0.15) is 19.3 Å². The molecule has 0 fully saturated rings. The first-order valence-corrected chi connectivity index (χ1v) is 38.5. The fourth-order valence-electron chi connectivity index (χ4n) is 9.07. The molecule has 0 aromatic carbocycles. The van der Waals surface area contributed by atoms with E-state index in [-0.39, 0.29) is 25.7 Å². The quantitative estimate of drug-likeness (QED) is 0.0169. The van der Waals surface area contributed by atoms with Crippen molar-refractivity contribution in [2.75, 3.05) is 39.6 Å². The maximum atomic E-state index is 13.0. The molecule has 0 rings (SSSR count). The van der Waals surface area contributed by atoms with Crippen LogP contribution in [-0.2, 0) is 65.4 Å². The van der Waals surface area contributed by atoms with Gasteiger partial charge in [-0.2, -0.15) is 0 Å². The normalized spacial score (nSPS) is 14.6. The molecule has 0 aromatic rings. The molecule has 0 saturated heterocycles. The SMILES string of the molecule is CC/C=C\C/C=C\C/C=C\C/C=C\C/C=C\CC(=O)OCC(COP(=O)(O)OCC(O)COP(=O)(O)OCC(COC(=O)CCCCCCC/C=C\CCCCCCCC)OC(=O)CCCCCCC/C=C\CCCC)OC(=O)CCCCCCC/C=C\CCCC. The Morgan fingerprint density at radius 3 is 0.989 bits per heavy atom. The highest BCUT2D eigenvalue weighted by atomic mass is 31.2. The van der Waals surface area contributed by atoms with Crippen LogP contribution in [0, 0.1) is 0 Å². The molecule has 0 heterocycles. The average Bonchev–Trinajstić information content (AvgIpc) is 2.55. The van der Waals surface area contributed by atoms with E-state index in [1.165, 1.54) is 64.2 Å². The first-order valence-electron chi connectivity index (χ1n) is 35.5. The summed E-state index contributed by atoms with van der Waals surface area (Å²) in [5.41, 5.74) is 0. The first-order chi connectivity index (χ1) is 44.7. The molecule has 0 bridgehead atoms. The molecule has 0 saturated carbocycles. The van der Waals surface area contributed by atoms with Gasteiger partial charge >= 0.3 is 39.5 Å². The Kier molecular flexibility index (Phi) is 62.8. The van der Waals surface area contributed by atoms with Gasteiger partial charge in [0.05, 0.1) is 32.8 Å². The number of carbonyl (C=O) groups excluding carboxylic acids is 4. The smallest absolute Gasteiger partial charge is 0.462 e. The number of hydrogen-bond acceptors (Lipinski definition) is 15. The number of phosphoric acid groups is 2. The third-order valence-electron chi connectivity index (χ3n) is 14.5. The van der Waals surface area contributed by atoms with Gasteiger partial charge in [-0.25, -0.2) is 9.13 Å². The molecule has 5 atom stereocenters. The van der Waals surface area contributed by atoms with Crippen molar-refractivity contribution in [2.24, 2.45) is 0 Å². The van der Waals surface area contributed by atoms with Crippen molar-refractivity contribution in [1.82, 2.24) is 0 Å². The Hall–Kier alpha value is -4.02. The second kappa shape index (κ2) is 65.6. The van der Waals surface area contributed by atoms with Crippen LogP contribution in [0.1, 0.15) is 285 Å². The molecule has 3 N–H and O–H groups in total. The van der Waals surface area contributed by atoms with Crippen molar-refractivity contribution in [2.45, 2.75) is 303 Å². The van der Waals surface area contributed by atoms with E-state index in [9.17, 15) is 43.2 Å². The molecule has 17 nitrogen and oxygen atoms in total. The maximum Gasteiger partial charge on any atom is 0.472 e. The minimum atomic E-state index is -4.99. The predicted molar refractivity (Wildman–Crippen MR) is 372 cm³/mol. The van der Waals surface area contributed by atoms with Crippen molar-refractivity contribution in [3.05, 3.63) is 97.2 Å². The van der Waals surface area contributed by atoms with Gasteiger partial charge in [0.25, 0.3) is 0 Å². The van der Waals surface area contributed by atoms with Crippen LogP contribution >= 0.6 is 15.6 Å². The van der Waals surface area contributed by atoms with Crippen molar-refractivity contribution in [1.29, 1.82) is 0 Å². The van der Waals surface area contributed by atoms with Crippen molar-refractivity contribution < 1.29 is 80.2 Å². The lowest BCUT2D eigenvalue weighted by Gasteiger charge is -2.21. The van der Waals surface area contributed by atoms with E-state index in [0.717, 1.165) is 141 Å². The van der Waals surface area contributed by atoms with E-state index in [0.29, 0.717) is 25.7 Å². The average molecular weight is 1340 g/mol.